The number of hydrogen-bond acceptors (Lipinski definition) is 9. The Kier molecular flexibility index (Phi) is 18.2. The summed E-state index contributed by atoms with van der Waals surface area (Å²) in [6.45, 7) is 0. The number of aromatic nitrogens is 2. The van der Waals surface area contributed by atoms with Crippen molar-refractivity contribution in [1.82, 2.24) is 14.9 Å². The molecule has 0 saturated carbocycles. The van der Waals surface area contributed by atoms with E-state index in [4.69, 9.17) is 0 Å². The Hall–Kier alpha value is -4.54. The van der Waals surface area contributed by atoms with Crippen LogP contribution in [0.15, 0.2) is 130 Å². The zero-order valence-electron chi connectivity index (χ0n) is 22.6. The number of nitrogens with zero attached hydrogens (tertiary/aromatic N) is 7. The van der Waals surface area contributed by atoms with E-state index >= 15 is 0 Å². The molecule has 0 N–H and O–H groups in total. The van der Waals surface area contributed by atoms with Gasteiger partial charge in [-0.1, -0.05) is 60.7 Å². The van der Waals surface area contributed by atoms with E-state index in [-0.39, 0.29) is 42.1 Å². The predicted molar refractivity (Wildman–Crippen MR) is 149 cm³/mol. The van der Waals surface area contributed by atoms with Gasteiger partial charge >= 0.3 is 0 Å². The van der Waals surface area contributed by atoms with Crippen molar-refractivity contribution in [2.24, 2.45) is 20.4 Å². The Morgan fingerprint density at radius 3 is 1.19 bits per heavy atom. The maximum atomic E-state index is 12.6. The first-order chi connectivity index (χ1) is 19.0. The van der Waals surface area contributed by atoms with Gasteiger partial charge in [-0.25, -0.2) is 0 Å². The predicted octanol–water partition coefficient (Wildman–Crippen LogP) is 1.67. The van der Waals surface area contributed by atoms with Gasteiger partial charge in [0.15, 0.2) is 0 Å². The summed E-state index contributed by atoms with van der Waals surface area (Å²) >= 11 is 0. The minimum Gasteiger partial charge on any atom is -2.00 e. The van der Waals surface area contributed by atoms with Crippen LogP contribution < -0.4 is 10.2 Å². The van der Waals surface area contributed by atoms with Gasteiger partial charge in [-0.15, -0.1) is 10.2 Å². The van der Waals surface area contributed by atoms with E-state index in [1.54, 1.807) is 38.4 Å². The van der Waals surface area contributed by atoms with Crippen molar-refractivity contribution in [3.63, 3.8) is 0 Å². The second-order valence-electron chi connectivity index (χ2n) is 7.98. The van der Waals surface area contributed by atoms with Gasteiger partial charge in [0, 0.05) is 92.9 Å². The van der Waals surface area contributed by atoms with Gasteiger partial charge in [-0.05, 0) is 35.4 Å². The fourth-order valence-electron chi connectivity index (χ4n) is 2.97. The van der Waals surface area contributed by atoms with Crippen LogP contribution in [0.4, 0.5) is 0 Å². The fourth-order valence-corrected chi connectivity index (χ4v) is 2.97. The molecule has 0 spiro atoms. The molecule has 0 aliphatic rings. The standard InChI is InChI=1S/C26H20N6O2.C3H7NO.2O.U/c33-25(21-11-15-27-16-12-21)31-29-23(19-7-3-1-4-8-19)24(20-9-5-2-6-10-20)30-32-26(34)22-13-17-28-18-14-22;1-4(2)3-5;;;/h1-18H,(H,31,33)(H,32,34);3H,1-2H3;;;/q;;2*-2;/p-2/b29-23+,30-24+;;;;. The molecular formula is C29H25N7O5U-6. The molecule has 4 rings (SSSR count). The third-order valence-electron chi connectivity index (χ3n) is 4.87. The molecule has 0 bridgehead atoms. The quantitative estimate of drug-likeness (QED) is 0.113. The summed E-state index contributed by atoms with van der Waals surface area (Å²) in [5, 5.41) is 41.5. The molecule has 0 unspecified atom stereocenters. The van der Waals surface area contributed by atoms with Crippen molar-refractivity contribution >= 4 is 29.6 Å². The van der Waals surface area contributed by atoms with Crippen LogP contribution in [0.25, 0.3) is 0 Å². The summed E-state index contributed by atoms with van der Waals surface area (Å²) in [6.07, 6.45) is 6.77. The van der Waals surface area contributed by atoms with Crippen LogP contribution in [0.5, 0.6) is 0 Å². The molecule has 0 atom stereocenters. The Labute approximate surface area is 266 Å². The number of rotatable bonds is 8. The van der Waals surface area contributed by atoms with E-state index < -0.39 is 11.8 Å². The van der Waals surface area contributed by atoms with Crippen molar-refractivity contribution in [2.75, 3.05) is 14.1 Å². The van der Waals surface area contributed by atoms with Crippen LogP contribution in [-0.4, -0.2) is 58.6 Å². The Morgan fingerprint density at radius 1 is 0.595 bits per heavy atom. The Bertz CT molecular complexity index is 1350. The Balaban J connectivity index is 0.00000194. The molecule has 0 fully saturated rings. The van der Waals surface area contributed by atoms with Crippen molar-refractivity contribution in [1.29, 1.82) is 0 Å². The molecule has 0 aliphatic carbocycles. The van der Waals surface area contributed by atoms with E-state index in [0.29, 0.717) is 33.7 Å². The molecule has 0 aliphatic heterocycles. The number of hydrogen-bond donors (Lipinski definition) is 0. The van der Waals surface area contributed by atoms with E-state index in [1.807, 2.05) is 60.7 Å². The van der Waals surface area contributed by atoms with Gasteiger partial charge in [0.2, 0.25) is 6.41 Å². The van der Waals surface area contributed by atoms with Gasteiger partial charge < -0.3 is 26.1 Å². The molecular weight excluding hydrogens is 764 g/mol. The van der Waals surface area contributed by atoms with Gasteiger partial charge in [-0.2, -0.15) is 10.2 Å². The number of carbonyl (C=O) groups excluding carboxylic acids is 1. The fraction of sp³-hybridized carbons (Fsp3) is 0.0690. The first-order valence-corrected chi connectivity index (χ1v) is 11.7. The monoisotopic (exact) mass is 789 g/mol. The van der Waals surface area contributed by atoms with Gasteiger partial charge in [0.1, 0.15) is 11.4 Å². The normalized spacial score (nSPS) is 11.4. The van der Waals surface area contributed by atoms with E-state index in [9.17, 15) is 15.0 Å². The molecule has 216 valence electrons. The molecule has 2 aromatic heterocycles. The summed E-state index contributed by atoms with van der Waals surface area (Å²) in [4.78, 5) is 18.7. The summed E-state index contributed by atoms with van der Waals surface area (Å²) < 4.78 is 0. The van der Waals surface area contributed by atoms with Crippen molar-refractivity contribution in [3.8, 4) is 0 Å². The zero-order chi connectivity index (χ0) is 27.9. The number of carbonyl (C=O) groups is 1. The van der Waals surface area contributed by atoms with Crippen molar-refractivity contribution in [3.05, 3.63) is 132 Å². The second-order valence-corrected chi connectivity index (χ2v) is 7.98. The summed E-state index contributed by atoms with van der Waals surface area (Å²) in [7, 11) is 3.38. The summed E-state index contributed by atoms with van der Waals surface area (Å²) in [5.74, 6) is -1.07. The first-order valence-electron chi connectivity index (χ1n) is 11.7. The molecule has 12 nitrogen and oxygen atoms in total. The van der Waals surface area contributed by atoms with Gasteiger partial charge in [0.05, 0.1) is 0 Å². The molecule has 0 saturated heterocycles. The van der Waals surface area contributed by atoms with Gasteiger partial charge in [-0.3, -0.25) is 14.8 Å². The molecule has 13 heteroatoms. The Morgan fingerprint density at radius 2 is 0.905 bits per heavy atom. The molecule has 0 radical (unpaired) electrons. The molecule has 4 aromatic rings. The van der Waals surface area contributed by atoms with Crippen molar-refractivity contribution < 1.29 is 57.1 Å². The smallest absolute Gasteiger partial charge is 0.209 e. The van der Waals surface area contributed by atoms with Crippen molar-refractivity contribution in [2.45, 2.75) is 0 Å². The van der Waals surface area contributed by atoms with Crippen LogP contribution in [0.3, 0.4) is 0 Å². The molecule has 2 heterocycles. The molecule has 42 heavy (non-hydrogen) atoms. The van der Waals surface area contributed by atoms with E-state index in [1.165, 1.54) is 29.7 Å². The maximum absolute atomic E-state index is 12.6. The number of amides is 1. The van der Waals surface area contributed by atoms with Crippen LogP contribution in [0.2, 0.25) is 0 Å². The minimum absolute atomic E-state index is 0. The van der Waals surface area contributed by atoms with E-state index in [2.05, 4.69) is 30.4 Å². The molecule has 2 aromatic carbocycles. The number of benzene rings is 2. The van der Waals surface area contributed by atoms with Crippen LogP contribution in [-0.2, 0) is 15.7 Å². The van der Waals surface area contributed by atoms with Crippen LogP contribution in [0.1, 0.15) is 22.3 Å². The first kappa shape index (κ1) is 37.5. The maximum Gasteiger partial charge on any atom is 0.209 e. The topological polar surface area (TPSA) is 199 Å². The van der Waals surface area contributed by atoms with Crippen LogP contribution >= 0.6 is 0 Å². The third-order valence-corrected chi connectivity index (χ3v) is 4.87. The third kappa shape index (κ3) is 11.9. The summed E-state index contributed by atoms with van der Waals surface area (Å²) in [5.41, 5.74) is 2.59. The van der Waals surface area contributed by atoms with Crippen LogP contribution in [0, 0.1) is 31.1 Å². The summed E-state index contributed by atoms with van der Waals surface area (Å²) in [6, 6.07) is 24.5. The molecule has 1 amide bonds. The SMILES string of the molecule is CN(C)C=O.[O-2].[O-2].[O-]\C(=N/N=C(/C(=N/N=C(\[O-])c1ccncc1)c1ccccc1)c1ccccc1)c1ccncc1.[U]. The minimum atomic E-state index is -0.534. The average Bonchev–Trinajstić information content (AvgIpc) is 3.00. The second kappa shape index (κ2) is 20.4. The largest absolute Gasteiger partial charge is 2.00 e. The van der Waals surface area contributed by atoms with E-state index in [0.717, 1.165) is 6.41 Å². The van der Waals surface area contributed by atoms with Gasteiger partial charge in [0.25, 0.3) is 0 Å². The number of pyridine rings is 2. The average molecular weight is 790 g/mol. The zero-order valence-corrected chi connectivity index (χ0v) is 26.8.